The predicted octanol–water partition coefficient (Wildman–Crippen LogP) is 3.72. The number of rotatable bonds is 8. The van der Waals surface area contributed by atoms with Gasteiger partial charge >= 0.3 is 5.97 Å². The van der Waals surface area contributed by atoms with Crippen molar-refractivity contribution < 1.29 is 9.90 Å². The molecule has 0 atom stereocenters. The monoisotopic (exact) mass is 282 g/mol. The zero-order chi connectivity index (χ0) is 14.3. The molecule has 0 spiro atoms. The summed E-state index contributed by atoms with van der Waals surface area (Å²) in [6.07, 6.45) is 5.45. The van der Waals surface area contributed by atoms with Crippen LogP contribution in [0.1, 0.15) is 61.4 Å². The second kappa shape index (κ2) is 8.15. The number of carbonyl (C=O) groups is 1. The second-order valence-electron chi connectivity index (χ2n) is 4.47. The van der Waals surface area contributed by atoms with Crippen LogP contribution in [0.25, 0.3) is 0 Å². The van der Waals surface area contributed by atoms with Crippen molar-refractivity contribution in [2.75, 3.05) is 5.75 Å². The molecule has 0 radical (unpaired) electrons. The first-order valence-electron chi connectivity index (χ1n) is 6.83. The van der Waals surface area contributed by atoms with Crippen molar-refractivity contribution in [2.45, 2.75) is 57.9 Å². The lowest BCUT2D eigenvalue weighted by Gasteiger charge is -2.09. The molecule has 1 aromatic heterocycles. The van der Waals surface area contributed by atoms with Gasteiger partial charge in [0.05, 0.1) is 5.69 Å². The summed E-state index contributed by atoms with van der Waals surface area (Å²) < 4.78 is 0. The van der Waals surface area contributed by atoms with E-state index in [1.165, 1.54) is 31.0 Å². The Morgan fingerprint density at radius 3 is 2.53 bits per heavy atom. The van der Waals surface area contributed by atoms with Gasteiger partial charge in [0.25, 0.3) is 0 Å². The molecule has 5 heteroatoms. The van der Waals surface area contributed by atoms with Crippen LogP contribution in [0.2, 0.25) is 0 Å². The van der Waals surface area contributed by atoms with Gasteiger partial charge in [-0.15, -0.1) is 11.8 Å². The minimum atomic E-state index is -0.934. The lowest BCUT2D eigenvalue weighted by Crippen LogP contribution is -2.09. The lowest BCUT2D eigenvalue weighted by molar-refractivity contribution is 0.0690. The Labute approximate surface area is 119 Å². The summed E-state index contributed by atoms with van der Waals surface area (Å²) in [6, 6.07) is 0. The summed E-state index contributed by atoms with van der Waals surface area (Å²) in [5.74, 6) is 0.703. The Morgan fingerprint density at radius 1 is 1.21 bits per heavy atom. The lowest BCUT2D eigenvalue weighted by atomic mass is 10.2. The summed E-state index contributed by atoms with van der Waals surface area (Å²) in [5.41, 5.74) is 0.827. The highest BCUT2D eigenvalue weighted by Crippen LogP contribution is 2.24. The smallest absolute Gasteiger partial charge is 0.340 e. The van der Waals surface area contributed by atoms with Crippen LogP contribution in [-0.2, 0) is 6.42 Å². The number of hydrogen-bond donors (Lipinski definition) is 1. The Bertz CT molecular complexity index is 436. The van der Waals surface area contributed by atoms with E-state index in [4.69, 9.17) is 0 Å². The number of aromatic nitrogens is 2. The molecule has 0 unspecified atom stereocenters. The van der Waals surface area contributed by atoms with Gasteiger partial charge in [0.1, 0.15) is 16.4 Å². The first-order chi connectivity index (χ1) is 9.10. The van der Waals surface area contributed by atoms with Gasteiger partial charge in [0, 0.05) is 6.42 Å². The third-order valence-corrected chi connectivity index (χ3v) is 3.93. The first kappa shape index (κ1) is 16.0. The number of aryl methyl sites for hydroxylation is 2. The SMILES string of the molecule is CCCCCCSc1nc(CC)nc(C)c1C(=O)O. The van der Waals surface area contributed by atoms with Crippen molar-refractivity contribution in [1.82, 2.24) is 9.97 Å². The predicted molar refractivity (Wildman–Crippen MR) is 78.0 cm³/mol. The molecule has 1 rings (SSSR count). The van der Waals surface area contributed by atoms with Gasteiger partial charge < -0.3 is 5.11 Å². The van der Waals surface area contributed by atoms with Crippen LogP contribution >= 0.6 is 11.8 Å². The third-order valence-electron chi connectivity index (χ3n) is 2.87. The van der Waals surface area contributed by atoms with Gasteiger partial charge in [0.2, 0.25) is 0 Å². The van der Waals surface area contributed by atoms with Gasteiger partial charge in [-0.3, -0.25) is 0 Å². The molecule has 1 aromatic rings. The number of aromatic carboxylic acids is 1. The van der Waals surface area contributed by atoms with E-state index in [0.29, 0.717) is 10.7 Å². The Morgan fingerprint density at radius 2 is 1.95 bits per heavy atom. The average molecular weight is 282 g/mol. The minimum Gasteiger partial charge on any atom is -0.478 e. The Balaban J connectivity index is 2.78. The molecule has 0 saturated carbocycles. The van der Waals surface area contributed by atoms with E-state index >= 15 is 0 Å². The molecule has 1 N–H and O–H groups in total. The largest absolute Gasteiger partial charge is 0.478 e. The molecular formula is C14H22N2O2S. The first-order valence-corrected chi connectivity index (χ1v) is 7.82. The van der Waals surface area contributed by atoms with Gasteiger partial charge in [-0.1, -0.05) is 33.1 Å². The summed E-state index contributed by atoms with van der Waals surface area (Å²) in [4.78, 5) is 19.9. The van der Waals surface area contributed by atoms with E-state index < -0.39 is 5.97 Å². The molecule has 19 heavy (non-hydrogen) atoms. The number of hydrogen-bond acceptors (Lipinski definition) is 4. The van der Waals surface area contributed by atoms with Gasteiger partial charge in [-0.2, -0.15) is 0 Å². The van der Waals surface area contributed by atoms with Crippen LogP contribution in [0, 0.1) is 6.92 Å². The number of thioether (sulfide) groups is 1. The van der Waals surface area contributed by atoms with E-state index in [0.717, 1.165) is 24.4 Å². The fraction of sp³-hybridized carbons (Fsp3) is 0.643. The highest BCUT2D eigenvalue weighted by atomic mass is 32.2. The Kier molecular flexibility index (Phi) is 6.84. The van der Waals surface area contributed by atoms with Crippen LogP contribution in [0.3, 0.4) is 0 Å². The van der Waals surface area contributed by atoms with Crippen LogP contribution in [0.15, 0.2) is 5.03 Å². The fourth-order valence-electron chi connectivity index (χ4n) is 1.81. The molecule has 0 aliphatic carbocycles. The molecule has 0 aliphatic rings. The maximum Gasteiger partial charge on any atom is 0.340 e. The van der Waals surface area contributed by atoms with E-state index in [1.807, 2.05) is 6.92 Å². The molecular weight excluding hydrogens is 260 g/mol. The number of carboxylic acid groups (broad SMARTS) is 1. The second-order valence-corrected chi connectivity index (χ2v) is 5.56. The summed E-state index contributed by atoms with van der Waals surface area (Å²) in [5, 5.41) is 9.88. The molecule has 4 nitrogen and oxygen atoms in total. The van der Waals surface area contributed by atoms with Crippen molar-refractivity contribution in [3.05, 3.63) is 17.1 Å². The molecule has 0 bridgehead atoms. The molecule has 0 fully saturated rings. The van der Waals surface area contributed by atoms with Crippen molar-refractivity contribution in [3.63, 3.8) is 0 Å². The minimum absolute atomic E-state index is 0.262. The van der Waals surface area contributed by atoms with Crippen LogP contribution in [0.4, 0.5) is 0 Å². The number of unbranched alkanes of at least 4 members (excludes halogenated alkanes) is 3. The van der Waals surface area contributed by atoms with Crippen LogP contribution < -0.4 is 0 Å². The molecule has 0 aromatic carbocycles. The molecule has 106 valence electrons. The quantitative estimate of drug-likeness (QED) is 0.447. The van der Waals surface area contributed by atoms with Crippen molar-refractivity contribution >= 4 is 17.7 Å². The van der Waals surface area contributed by atoms with Crippen LogP contribution in [0.5, 0.6) is 0 Å². The summed E-state index contributed by atoms with van der Waals surface area (Å²) >= 11 is 1.54. The highest BCUT2D eigenvalue weighted by molar-refractivity contribution is 7.99. The highest BCUT2D eigenvalue weighted by Gasteiger charge is 2.17. The van der Waals surface area contributed by atoms with Gasteiger partial charge in [-0.05, 0) is 19.1 Å². The Hall–Kier alpha value is -1.10. The zero-order valence-corrected chi connectivity index (χ0v) is 12.7. The van der Waals surface area contributed by atoms with E-state index in [9.17, 15) is 9.90 Å². The van der Waals surface area contributed by atoms with E-state index in [-0.39, 0.29) is 5.56 Å². The maximum absolute atomic E-state index is 11.3. The topological polar surface area (TPSA) is 63.1 Å². The normalized spacial score (nSPS) is 10.7. The standard InChI is InChI=1S/C14H22N2O2S/c1-4-6-7-8-9-19-13-12(14(17)18)10(3)15-11(5-2)16-13/h4-9H2,1-3H3,(H,17,18). The van der Waals surface area contributed by atoms with Crippen molar-refractivity contribution in [3.8, 4) is 0 Å². The molecule has 0 aliphatic heterocycles. The number of nitrogens with zero attached hydrogens (tertiary/aromatic N) is 2. The van der Waals surface area contributed by atoms with Gasteiger partial charge in [-0.25, -0.2) is 14.8 Å². The summed E-state index contributed by atoms with van der Waals surface area (Å²) in [6.45, 7) is 5.90. The van der Waals surface area contributed by atoms with E-state index in [2.05, 4.69) is 16.9 Å². The maximum atomic E-state index is 11.3. The van der Waals surface area contributed by atoms with Gasteiger partial charge in [0.15, 0.2) is 0 Å². The average Bonchev–Trinajstić information content (AvgIpc) is 2.37. The molecule has 1 heterocycles. The molecule has 0 saturated heterocycles. The third kappa shape index (κ3) is 4.82. The van der Waals surface area contributed by atoms with Crippen molar-refractivity contribution in [2.24, 2.45) is 0 Å². The summed E-state index contributed by atoms with van der Waals surface area (Å²) in [7, 11) is 0. The van der Waals surface area contributed by atoms with Crippen molar-refractivity contribution in [1.29, 1.82) is 0 Å². The molecule has 0 amide bonds. The fourth-order valence-corrected chi connectivity index (χ4v) is 2.90. The van der Waals surface area contributed by atoms with Crippen LogP contribution in [-0.4, -0.2) is 26.8 Å². The zero-order valence-electron chi connectivity index (χ0n) is 11.9. The number of carboxylic acids is 1. The van der Waals surface area contributed by atoms with E-state index in [1.54, 1.807) is 6.92 Å².